The number of para-hydroxylation sites is 2. The first-order valence-corrected chi connectivity index (χ1v) is 17.1. The molecular formula is C38H49N5O5. The number of hydrogen-bond acceptors (Lipinski definition) is 7. The molecule has 0 spiro atoms. The molecule has 0 aromatic heterocycles. The summed E-state index contributed by atoms with van der Waals surface area (Å²) < 4.78 is 6.68. The van der Waals surface area contributed by atoms with E-state index in [0.717, 1.165) is 31.2 Å². The van der Waals surface area contributed by atoms with E-state index >= 15 is 0 Å². The normalized spacial score (nSPS) is 19.4. The standard InChI is InChI=1S/C38H49N5O5/c1-25-21-43(26(2)24-44)36(45)20-30-19-31(40-37(46)28-9-5-4-6-10-28)17-18-34(30)48-35(25)23-42(3)22-27-13-15-29(16-14-27)38(47)41-33-12-8-7-11-32(33)39/h7-8,11-19,25-26,28,35,44H,4-6,9-10,20-24,39H2,1-3H3,(H,40,46)(H,41,47)/t25-,26+,35-/m0/s1. The topological polar surface area (TPSA) is 137 Å². The fraction of sp³-hybridized carbons (Fsp3) is 0.447. The van der Waals surface area contributed by atoms with E-state index in [1.807, 2.05) is 56.4 Å². The SMILES string of the molecule is C[C@H](CO)N1C[C@H](C)[C@H](CN(C)Cc2ccc(C(=O)Nc3ccccc3N)cc2)Oc2ccc(NC(=O)C3CCCCC3)cc2CC1=O. The Balaban J connectivity index is 1.29. The number of nitrogens with two attached hydrogens (primary N) is 1. The Labute approximate surface area is 283 Å². The monoisotopic (exact) mass is 655 g/mol. The molecule has 256 valence electrons. The fourth-order valence-corrected chi connectivity index (χ4v) is 6.58. The lowest BCUT2D eigenvalue weighted by molar-refractivity contribution is -0.134. The van der Waals surface area contributed by atoms with Gasteiger partial charge in [0.25, 0.3) is 5.91 Å². The molecule has 3 aromatic carbocycles. The van der Waals surface area contributed by atoms with Crippen LogP contribution in [0.1, 0.15) is 67.4 Å². The minimum Gasteiger partial charge on any atom is -0.488 e. The van der Waals surface area contributed by atoms with Gasteiger partial charge >= 0.3 is 0 Å². The van der Waals surface area contributed by atoms with Crippen LogP contribution in [0.5, 0.6) is 5.75 Å². The van der Waals surface area contributed by atoms with Gasteiger partial charge in [-0.05, 0) is 74.8 Å². The molecule has 5 N–H and O–H groups in total. The Morgan fingerprint density at radius 2 is 1.77 bits per heavy atom. The van der Waals surface area contributed by atoms with Gasteiger partial charge in [0, 0.05) is 48.3 Å². The first kappa shape index (κ1) is 34.9. The number of carbonyl (C=O) groups excluding carboxylic acids is 3. The van der Waals surface area contributed by atoms with Crippen molar-refractivity contribution in [1.82, 2.24) is 9.80 Å². The molecule has 0 radical (unpaired) electrons. The Bertz CT molecular complexity index is 1570. The number of hydrogen-bond donors (Lipinski definition) is 4. The highest BCUT2D eigenvalue weighted by molar-refractivity contribution is 6.05. The van der Waals surface area contributed by atoms with E-state index < -0.39 is 0 Å². The fourth-order valence-electron chi connectivity index (χ4n) is 6.58. The smallest absolute Gasteiger partial charge is 0.255 e. The maximum atomic E-state index is 13.6. The largest absolute Gasteiger partial charge is 0.488 e. The van der Waals surface area contributed by atoms with Crippen molar-refractivity contribution in [2.45, 2.75) is 71.1 Å². The molecule has 3 amide bonds. The molecule has 1 aliphatic carbocycles. The van der Waals surface area contributed by atoms with Gasteiger partial charge < -0.3 is 31.1 Å². The van der Waals surface area contributed by atoms with Crippen molar-refractivity contribution >= 4 is 34.8 Å². The number of nitrogens with zero attached hydrogens (tertiary/aromatic N) is 2. The summed E-state index contributed by atoms with van der Waals surface area (Å²) in [7, 11) is 2.02. The summed E-state index contributed by atoms with van der Waals surface area (Å²) in [6.07, 6.45) is 4.98. The second-order valence-electron chi connectivity index (χ2n) is 13.5. The van der Waals surface area contributed by atoms with Gasteiger partial charge in [-0.2, -0.15) is 0 Å². The number of ether oxygens (including phenoxy) is 1. The molecule has 3 aromatic rings. The van der Waals surface area contributed by atoms with Crippen LogP contribution in [0.25, 0.3) is 0 Å². The molecule has 48 heavy (non-hydrogen) atoms. The van der Waals surface area contributed by atoms with Crippen molar-refractivity contribution in [3.05, 3.63) is 83.4 Å². The number of carbonyl (C=O) groups is 3. The maximum absolute atomic E-state index is 13.6. The minimum atomic E-state index is -0.344. The lowest BCUT2D eigenvalue weighted by atomic mass is 9.88. The molecule has 0 saturated heterocycles. The van der Waals surface area contributed by atoms with Crippen LogP contribution in [0, 0.1) is 11.8 Å². The van der Waals surface area contributed by atoms with E-state index in [-0.39, 0.29) is 54.7 Å². The first-order chi connectivity index (χ1) is 23.1. The average Bonchev–Trinajstić information content (AvgIpc) is 3.13. The van der Waals surface area contributed by atoms with Gasteiger partial charge in [0.1, 0.15) is 11.9 Å². The van der Waals surface area contributed by atoms with E-state index in [9.17, 15) is 19.5 Å². The van der Waals surface area contributed by atoms with Crippen molar-refractivity contribution in [3.8, 4) is 5.75 Å². The number of amides is 3. The van der Waals surface area contributed by atoms with Gasteiger partial charge in [0.15, 0.2) is 0 Å². The second kappa shape index (κ2) is 16.1. The lowest BCUT2D eigenvalue weighted by Crippen LogP contribution is -2.47. The van der Waals surface area contributed by atoms with Gasteiger partial charge in [0.05, 0.1) is 30.4 Å². The van der Waals surface area contributed by atoms with Crippen LogP contribution in [0.3, 0.4) is 0 Å². The highest BCUT2D eigenvalue weighted by Gasteiger charge is 2.31. The predicted octanol–water partition coefficient (Wildman–Crippen LogP) is 5.32. The third kappa shape index (κ3) is 8.93. The number of nitrogen functional groups attached to an aromatic ring is 1. The quantitative estimate of drug-likeness (QED) is 0.217. The Morgan fingerprint density at radius 3 is 2.48 bits per heavy atom. The summed E-state index contributed by atoms with van der Waals surface area (Å²) in [6, 6.07) is 19.9. The van der Waals surface area contributed by atoms with Crippen molar-refractivity contribution in [1.29, 1.82) is 0 Å². The van der Waals surface area contributed by atoms with Crippen LogP contribution >= 0.6 is 0 Å². The zero-order valence-corrected chi connectivity index (χ0v) is 28.3. The van der Waals surface area contributed by atoms with E-state index in [2.05, 4.69) is 22.5 Å². The van der Waals surface area contributed by atoms with Crippen LogP contribution in [0.4, 0.5) is 17.1 Å². The van der Waals surface area contributed by atoms with Crippen LogP contribution in [0.2, 0.25) is 0 Å². The van der Waals surface area contributed by atoms with Crippen molar-refractivity contribution in [2.24, 2.45) is 11.8 Å². The van der Waals surface area contributed by atoms with Crippen molar-refractivity contribution < 1.29 is 24.2 Å². The van der Waals surface area contributed by atoms with Crippen molar-refractivity contribution in [2.75, 3.05) is 43.1 Å². The van der Waals surface area contributed by atoms with Gasteiger partial charge in [-0.1, -0.05) is 50.5 Å². The highest BCUT2D eigenvalue weighted by atomic mass is 16.5. The molecule has 10 nitrogen and oxygen atoms in total. The Morgan fingerprint density at radius 1 is 1.04 bits per heavy atom. The van der Waals surface area contributed by atoms with Crippen molar-refractivity contribution in [3.63, 3.8) is 0 Å². The van der Waals surface area contributed by atoms with Crippen LogP contribution in [0.15, 0.2) is 66.7 Å². The van der Waals surface area contributed by atoms with Gasteiger partial charge in [-0.15, -0.1) is 0 Å². The third-order valence-corrected chi connectivity index (χ3v) is 9.53. The summed E-state index contributed by atoms with van der Waals surface area (Å²) in [6.45, 7) is 5.42. The molecular weight excluding hydrogens is 606 g/mol. The number of benzene rings is 3. The summed E-state index contributed by atoms with van der Waals surface area (Å²) in [4.78, 5) is 43.3. The van der Waals surface area contributed by atoms with Gasteiger partial charge in [0.2, 0.25) is 11.8 Å². The molecule has 10 heteroatoms. The number of rotatable bonds is 10. The summed E-state index contributed by atoms with van der Waals surface area (Å²) >= 11 is 0. The summed E-state index contributed by atoms with van der Waals surface area (Å²) in [5.74, 6) is 0.314. The Hall–Kier alpha value is -4.41. The molecule has 0 bridgehead atoms. The number of aliphatic hydroxyl groups excluding tert-OH is 1. The maximum Gasteiger partial charge on any atom is 0.255 e. The average molecular weight is 656 g/mol. The molecule has 2 aliphatic rings. The minimum absolute atomic E-state index is 0.0190. The predicted molar refractivity (Wildman–Crippen MR) is 189 cm³/mol. The molecule has 3 atom stereocenters. The molecule has 1 fully saturated rings. The second-order valence-corrected chi connectivity index (χ2v) is 13.5. The molecule has 1 saturated carbocycles. The first-order valence-electron chi connectivity index (χ1n) is 17.1. The molecule has 1 heterocycles. The molecule has 1 aliphatic heterocycles. The van der Waals surface area contributed by atoms with E-state index in [0.29, 0.717) is 53.6 Å². The lowest BCUT2D eigenvalue weighted by Gasteiger charge is -2.34. The molecule has 5 rings (SSSR count). The van der Waals surface area contributed by atoms with E-state index in [1.165, 1.54) is 6.42 Å². The number of anilines is 3. The molecule has 0 unspecified atom stereocenters. The van der Waals surface area contributed by atoms with E-state index in [4.69, 9.17) is 10.5 Å². The number of likely N-dealkylation sites (N-methyl/N-ethyl adjacent to an activating group) is 1. The third-order valence-electron chi connectivity index (χ3n) is 9.53. The van der Waals surface area contributed by atoms with E-state index in [1.54, 1.807) is 29.2 Å². The number of fused-ring (bicyclic) bond motifs is 1. The zero-order chi connectivity index (χ0) is 34.2. The highest BCUT2D eigenvalue weighted by Crippen LogP contribution is 2.31. The Kier molecular flexibility index (Phi) is 11.7. The zero-order valence-electron chi connectivity index (χ0n) is 28.3. The number of nitrogens with one attached hydrogen (secondary N) is 2. The summed E-state index contributed by atoms with van der Waals surface area (Å²) in [5.41, 5.74) is 10.0. The van der Waals surface area contributed by atoms with Crippen LogP contribution in [-0.4, -0.2) is 71.5 Å². The van der Waals surface area contributed by atoms with Crippen LogP contribution < -0.4 is 21.1 Å². The number of aliphatic hydroxyl groups is 1. The van der Waals surface area contributed by atoms with Crippen LogP contribution in [-0.2, 0) is 22.6 Å². The summed E-state index contributed by atoms with van der Waals surface area (Å²) in [5, 5.41) is 15.9. The van der Waals surface area contributed by atoms with Gasteiger partial charge in [-0.25, -0.2) is 0 Å². The van der Waals surface area contributed by atoms with Gasteiger partial charge in [-0.3, -0.25) is 19.3 Å².